The fourth-order valence-electron chi connectivity index (χ4n) is 3.10. The molecule has 24 heavy (non-hydrogen) atoms. The van der Waals surface area contributed by atoms with Gasteiger partial charge >= 0.3 is 0 Å². The Bertz CT molecular complexity index is 720. The average Bonchev–Trinajstić information content (AvgIpc) is 2.63. The van der Waals surface area contributed by atoms with Crippen LogP contribution in [0.3, 0.4) is 0 Å². The van der Waals surface area contributed by atoms with Gasteiger partial charge in [0.05, 0.1) is 13.3 Å². The van der Waals surface area contributed by atoms with E-state index in [1.54, 1.807) is 7.11 Å². The predicted octanol–water partition coefficient (Wildman–Crippen LogP) is 0.761. The smallest absolute Gasteiger partial charge is 0.110 e. The van der Waals surface area contributed by atoms with E-state index in [2.05, 4.69) is 91.6 Å². The molecule has 0 aliphatic heterocycles. The van der Waals surface area contributed by atoms with Gasteiger partial charge in [-0.3, -0.25) is 0 Å². The maximum absolute atomic E-state index is 5.45. The predicted molar refractivity (Wildman–Crippen MR) is 102 cm³/mol. The van der Waals surface area contributed by atoms with Gasteiger partial charge in [0.1, 0.15) is 23.2 Å². The lowest BCUT2D eigenvalue weighted by atomic mass is 10.2. The van der Waals surface area contributed by atoms with E-state index in [1.807, 2.05) is 0 Å². The van der Waals surface area contributed by atoms with Crippen LogP contribution < -0.4 is 28.3 Å². The molecule has 0 amide bonds. The molecule has 0 aliphatic rings. The minimum Gasteiger partial charge on any atom is -1.00 e. The minimum absolute atomic E-state index is 0. The Morgan fingerprint density at radius 1 is 0.708 bits per heavy atom. The van der Waals surface area contributed by atoms with Gasteiger partial charge in [-0.15, -0.1) is 0 Å². The van der Waals surface area contributed by atoms with Crippen molar-refractivity contribution in [2.45, 2.75) is 6.61 Å². The molecular weight excluding hydrogens is 335 g/mol. The average molecular weight is 357 g/mol. The fourth-order valence-corrected chi connectivity index (χ4v) is 6.59. The molecule has 0 saturated carbocycles. The van der Waals surface area contributed by atoms with Gasteiger partial charge in [-0.1, -0.05) is 54.6 Å². The van der Waals surface area contributed by atoms with Gasteiger partial charge < -0.3 is 17.1 Å². The molecule has 0 heterocycles. The Morgan fingerprint density at radius 2 is 1.17 bits per heavy atom. The highest BCUT2D eigenvalue weighted by Gasteiger charge is 2.41. The summed E-state index contributed by atoms with van der Waals surface area (Å²) in [6.45, 7) is 3.05. The van der Waals surface area contributed by atoms with E-state index in [-0.39, 0.29) is 12.4 Å². The highest BCUT2D eigenvalue weighted by atomic mass is 35.5. The highest BCUT2D eigenvalue weighted by molar-refractivity contribution is 7.95. The van der Waals surface area contributed by atoms with Crippen molar-refractivity contribution in [3.63, 3.8) is 0 Å². The van der Waals surface area contributed by atoms with Crippen molar-refractivity contribution < 1.29 is 17.1 Å². The highest BCUT2D eigenvalue weighted by Crippen LogP contribution is 2.52. The first kappa shape index (κ1) is 18.7. The van der Waals surface area contributed by atoms with Crippen LogP contribution in [0.2, 0.25) is 0 Å². The molecule has 0 atom stereocenters. The summed E-state index contributed by atoms with van der Waals surface area (Å²) in [5.74, 6) is 0. The van der Waals surface area contributed by atoms with Crippen LogP contribution >= 0.6 is 7.26 Å². The van der Waals surface area contributed by atoms with Crippen LogP contribution in [0.15, 0.2) is 84.9 Å². The van der Waals surface area contributed by atoms with E-state index < -0.39 is 7.26 Å². The zero-order valence-corrected chi connectivity index (χ0v) is 15.7. The van der Waals surface area contributed by atoms with Crippen LogP contribution in [0, 0.1) is 0 Å². The quantitative estimate of drug-likeness (QED) is 0.613. The van der Waals surface area contributed by atoms with Crippen LogP contribution in [-0.2, 0) is 11.3 Å². The van der Waals surface area contributed by atoms with E-state index in [4.69, 9.17) is 4.74 Å². The summed E-state index contributed by atoms with van der Waals surface area (Å²) < 4.78 is 5.45. The SMILES string of the molecule is COCc1ccccc1[P+](C)(c1ccccc1)c1ccccc1.[Cl-]. The summed E-state index contributed by atoms with van der Waals surface area (Å²) in [6.07, 6.45) is 0. The molecule has 0 saturated heterocycles. The number of hydrogen-bond donors (Lipinski definition) is 0. The van der Waals surface area contributed by atoms with Crippen LogP contribution in [-0.4, -0.2) is 13.8 Å². The van der Waals surface area contributed by atoms with Crippen molar-refractivity contribution >= 4 is 23.2 Å². The second kappa shape index (κ2) is 8.44. The van der Waals surface area contributed by atoms with Gasteiger partial charge in [-0.2, -0.15) is 0 Å². The van der Waals surface area contributed by atoms with Crippen molar-refractivity contribution in [1.82, 2.24) is 0 Å². The number of ether oxygens (including phenoxy) is 1. The van der Waals surface area contributed by atoms with Crippen LogP contribution in [0.5, 0.6) is 0 Å². The largest absolute Gasteiger partial charge is 1.00 e. The monoisotopic (exact) mass is 356 g/mol. The Balaban J connectivity index is 0.00000208. The van der Waals surface area contributed by atoms with E-state index in [1.165, 1.54) is 21.5 Å². The Hall–Kier alpha value is -1.66. The molecule has 1 nitrogen and oxygen atoms in total. The van der Waals surface area contributed by atoms with Crippen molar-refractivity contribution in [2.75, 3.05) is 13.8 Å². The van der Waals surface area contributed by atoms with Gasteiger partial charge in [0.15, 0.2) is 0 Å². The molecule has 0 aromatic heterocycles. The lowest BCUT2D eigenvalue weighted by molar-refractivity contribution is -0.00000482. The van der Waals surface area contributed by atoms with Crippen molar-refractivity contribution in [3.8, 4) is 0 Å². The van der Waals surface area contributed by atoms with E-state index >= 15 is 0 Å². The van der Waals surface area contributed by atoms with Gasteiger partial charge in [0, 0.05) is 12.7 Å². The topological polar surface area (TPSA) is 9.23 Å². The normalized spacial score (nSPS) is 10.9. The second-order valence-corrected chi connectivity index (χ2v) is 9.27. The maximum atomic E-state index is 5.45. The van der Waals surface area contributed by atoms with Crippen molar-refractivity contribution in [2.24, 2.45) is 0 Å². The standard InChI is InChI=1S/C21H22OP.ClH/c1-22-17-18-11-9-10-16-21(18)23(2,19-12-5-3-6-13-19)20-14-7-4-8-15-20;/h3-16H,17H2,1-2H3;1H/q+1;/p-1. The molecule has 3 aromatic carbocycles. The number of benzene rings is 3. The Kier molecular flexibility index (Phi) is 6.57. The first-order valence-electron chi connectivity index (χ1n) is 7.82. The van der Waals surface area contributed by atoms with Crippen LogP contribution in [0.4, 0.5) is 0 Å². The maximum Gasteiger partial charge on any atom is 0.110 e. The summed E-state index contributed by atoms with van der Waals surface area (Å²) in [5, 5.41) is 4.20. The summed E-state index contributed by atoms with van der Waals surface area (Å²) in [4.78, 5) is 0. The summed E-state index contributed by atoms with van der Waals surface area (Å²) in [7, 11) is 0.0877. The Labute approximate surface area is 151 Å². The van der Waals surface area contributed by atoms with Gasteiger partial charge in [0.25, 0.3) is 0 Å². The molecule has 0 spiro atoms. The summed E-state index contributed by atoms with van der Waals surface area (Å²) >= 11 is 0. The second-order valence-electron chi connectivity index (χ2n) is 5.74. The van der Waals surface area contributed by atoms with E-state index in [0.717, 1.165) is 0 Å². The molecule has 0 bridgehead atoms. The third-order valence-corrected chi connectivity index (χ3v) is 8.38. The lowest BCUT2D eigenvalue weighted by Crippen LogP contribution is -3.00. The molecule has 0 fully saturated rings. The number of hydrogen-bond acceptors (Lipinski definition) is 1. The van der Waals surface area contributed by atoms with E-state index in [0.29, 0.717) is 6.61 Å². The first-order valence-corrected chi connectivity index (χ1v) is 10.1. The molecule has 0 aliphatic carbocycles. The minimum atomic E-state index is -1.67. The fraction of sp³-hybridized carbons (Fsp3) is 0.143. The first-order chi connectivity index (χ1) is 11.3. The zero-order chi connectivity index (χ0) is 16.1. The lowest BCUT2D eigenvalue weighted by Gasteiger charge is -2.25. The molecule has 0 N–H and O–H groups in total. The van der Waals surface area contributed by atoms with Gasteiger partial charge in [0.2, 0.25) is 0 Å². The number of rotatable bonds is 5. The number of methoxy groups -OCH3 is 1. The molecule has 3 aromatic rings. The van der Waals surface area contributed by atoms with Crippen molar-refractivity contribution in [3.05, 3.63) is 90.5 Å². The van der Waals surface area contributed by atoms with Gasteiger partial charge in [-0.25, -0.2) is 0 Å². The number of halogens is 1. The third kappa shape index (κ3) is 3.54. The molecule has 3 rings (SSSR count). The Morgan fingerprint density at radius 3 is 1.67 bits per heavy atom. The molecule has 3 heteroatoms. The molecule has 0 unspecified atom stereocenters. The van der Waals surface area contributed by atoms with Crippen LogP contribution in [0.1, 0.15) is 5.56 Å². The summed E-state index contributed by atoms with van der Waals surface area (Å²) in [6, 6.07) is 30.4. The van der Waals surface area contributed by atoms with E-state index in [9.17, 15) is 0 Å². The summed E-state index contributed by atoms with van der Waals surface area (Å²) in [5.41, 5.74) is 1.28. The van der Waals surface area contributed by atoms with Gasteiger partial charge in [-0.05, 0) is 30.3 Å². The molecule has 124 valence electrons. The third-order valence-electron chi connectivity index (χ3n) is 4.32. The zero-order valence-electron chi connectivity index (χ0n) is 14.0. The molecule has 0 radical (unpaired) electrons. The molecular formula is C21H22ClOP. The van der Waals surface area contributed by atoms with Crippen LogP contribution in [0.25, 0.3) is 0 Å². The van der Waals surface area contributed by atoms with Crippen molar-refractivity contribution in [1.29, 1.82) is 0 Å².